The van der Waals surface area contributed by atoms with Crippen molar-refractivity contribution in [2.24, 2.45) is 0 Å². The van der Waals surface area contributed by atoms with Crippen LogP contribution in [0.3, 0.4) is 0 Å². The zero-order valence-corrected chi connectivity index (χ0v) is 14.4. The lowest BCUT2D eigenvalue weighted by Crippen LogP contribution is -2.29. The van der Waals surface area contributed by atoms with Crippen LogP contribution >= 0.6 is 0 Å². The van der Waals surface area contributed by atoms with Gasteiger partial charge in [-0.05, 0) is 37.8 Å². The van der Waals surface area contributed by atoms with E-state index in [0.717, 1.165) is 24.5 Å². The minimum absolute atomic E-state index is 0.439. The Labute approximate surface area is 146 Å². The number of amides is 1. The Morgan fingerprint density at radius 3 is 2.88 bits per heavy atom. The fourth-order valence-corrected chi connectivity index (χ4v) is 2.80. The third kappa shape index (κ3) is 4.68. The van der Waals surface area contributed by atoms with Gasteiger partial charge in [-0.1, -0.05) is 5.16 Å². The molecule has 1 fully saturated rings. The van der Waals surface area contributed by atoms with Gasteiger partial charge in [0.05, 0.1) is 7.11 Å². The summed E-state index contributed by atoms with van der Waals surface area (Å²) in [6.07, 6.45) is 6.39. The number of anilines is 1. The van der Waals surface area contributed by atoms with E-state index in [2.05, 4.69) is 30.1 Å². The third-order valence-corrected chi connectivity index (χ3v) is 4.18. The van der Waals surface area contributed by atoms with Crippen LogP contribution in [-0.4, -0.2) is 48.0 Å². The number of nitrogens with one attached hydrogen (secondary N) is 1. The van der Waals surface area contributed by atoms with Crippen molar-refractivity contribution in [2.75, 3.05) is 31.6 Å². The van der Waals surface area contributed by atoms with Crippen molar-refractivity contribution < 1.29 is 14.1 Å². The molecule has 3 rings (SSSR count). The van der Waals surface area contributed by atoms with E-state index in [4.69, 9.17) is 4.52 Å². The molecule has 25 heavy (non-hydrogen) atoms. The quantitative estimate of drug-likeness (QED) is 0.804. The highest BCUT2D eigenvalue weighted by atomic mass is 16.5. The number of methoxy groups -OCH3 is 1. The molecule has 2 aromatic heterocycles. The maximum atomic E-state index is 11.0. The largest absolute Gasteiger partial charge is 0.453 e. The van der Waals surface area contributed by atoms with Crippen molar-refractivity contribution in [3.8, 4) is 11.4 Å². The normalized spacial score (nSPS) is 14.4. The first-order chi connectivity index (χ1) is 12.3. The van der Waals surface area contributed by atoms with E-state index in [1.165, 1.54) is 26.4 Å². The molecule has 8 nitrogen and oxygen atoms in total. The van der Waals surface area contributed by atoms with E-state index in [-0.39, 0.29) is 0 Å². The highest BCUT2D eigenvalue weighted by molar-refractivity contribution is 5.66. The molecule has 1 aliphatic rings. The second-order valence-electron chi connectivity index (χ2n) is 5.99. The number of nitrogens with zero attached hydrogens (tertiary/aromatic N) is 4. The Hall–Kier alpha value is -2.64. The summed E-state index contributed by atoms with van der Waals surface area (Å²) in [6.45, 7) is 2.63. The van der Waals surface area contributed by atoms with Crippen LogP contribution in [0, 0.1) is 0 Å². The molecular formula is C17H23N5O3. The van der Waals surface area contributed by atoms with Crippen molar-refractivity contribution in [1.29, 1.82) is 0 Å². The van der Waals surface area contributed by atoms with Gasteiger partial charge < -0.3 is 19.5 Å². The zero-order chi connectivity index (χ0) is 17.5. The number of carbonyl (C=O) groups excluding carboxylic acids is 1. The molecule has 1 saturated heterocycles. The predicted molar refractivity (Wildman–Crippen MR) is 92.3 cm³/mol. The number of hydrogen-bond donors (Lipinski definition) is 1. The molecule has 0 aromatic carbocycles. The van der Waals surface area contributed by atoms with Gasteiger partial charge in [0.25, 0.3) is 0 Å². The number of aromatic nitrogens is 3. The Balaban J connectivity index is 1.53. The fraction of sp³-hybridized carbons (Fsp3) is 0.529. The van der Waals surface area contributed by atoms with E-state index in [0.29, 0.717) is 31.1 Å². The zero-order valence-electron chi connectivity index (χ0n) is 14.4. The lowest BCUT2D eigenvalue weighted by atomic mass is 10.1. The molecule has 0 bridgehead atoms. The first-order valence-electron chi connectivity index (χ1n) is 8.62. The molecule has 2 aromatic rings. The molecule has 0 spiro atoms. The second-order valence-corrected chi connectivity index (χ2v) is 5.99. The number of carbonyl (C=O) groups is 1. The highest BCUT2D eigenvalue weighted by Crippen LogP contribution is 2.21. The van der Waals surface area contributed by atoms with Gasteiger partial charge >= 0.3 is 6.09 Å². The van der Waals surface area contributed by atoms with Crippen molar-refractivity contribution >= 4 is 11.9 Å². The molecule has 134 valence electrons. The van der Waals surface area contributed by atoms with E-state index in [9.17, 15) is 4.79 Å². The first kappa shape index (κ1) is 17.2. The Morgan fingerprint density at radius 1 is 1.32 bits per heavy atom. The van der Waals surface area contributed by atoms with Gasteiger partial charge in [-0.3, -0.25) is 0 Å². The summed E-state index contributed by atoms with van der Waals surface area (Å²) in [6, 6.07) is 3.99. The number of hydrogen-bond acceptors (Lipinski definition) is 7. The summed E-state index contributed by atoms with van der Waals surface area (Å²) in [5.41, 5.74) is 0.837. The van der Waals surface area contributed by atoms with Gasteiger partial charge in [0, 0.05) is 37.8 Å². The van der Waals surface area contributed by atoms with Crippen molar-refractivity contribution in [1.82, 2.24) is 20.4 Å². The summed E-state index contributed by atoms with van der Waals surface area (Å²) in [5.74, 6) is 2.08. The molecule has 0 atom stereocenters. The smallest absolute Gasteiger partial charge is 0.406 e. The first-order valence-corrected chi connectivity index (χ1v) is 8.62. The van der Waals surface area contributed by atoms with Gasteiger partial charge in [-0.2, -0.15) is 4.98 Å². The van der Waals surface area contributed by atoms with E-state index in [1.807, 2.05) is 12.1 Å². The molecule has 0 saturated carbocycles. The minimum atomic E-state index is -0.439. The van der Waals surface area contributed by atoms with Crippen LogP contribution in [0.1, 0.15) is 31.6 Å². The van der Waals surface area contributed by atoms with Crippen LogP contribution in [0.25, 0.3) is 11.4 Å². The SMILES string of the molecule is COC(=O)NCCCc1nc(-c2ccc(N3CCCCC3)nc2)no1. The number of pyridine rings is 1. The lowest BCUT2D eigenvalue weighted by Gasteiger charge is -2.27. The molecule has 0 aliphatic carbocycles. The van der Waals surface area contributed by atoms with Crippen LogP contribution in [0.2, 0.25) is 0 Å². The van der Waals surface area contributed by atoms with Crippen molar-refractivity contribution in [3.05, 3.63) is 24.2 Å². The molecule has 1 aliphatic heterocycles. The van der Waals surface area contributed by atoms with Gasteiger partial charge in [0.2, 0.25) is 11.7 Å². The molecule has 0 unspecified atom stereocenters. The number of ether oxygens (including phenoxy) is 1. The maximum absolute atomic E-state index is 11.0. The predicted octanol–water partition coefficient (Wildman–Crippen LogP) is 2.41. The lowest BCUT2D eigenvalue weighted by molar-refractivity contribution is 0.171. The van der Waals surface area contributed by atoms with E-state index >= 15 is 0 Å². The van der Waals surface area contributed by atoms with Crippen LogP contribution in [0.15, 0.2) is 22.9 Å². The molecule has 3 heterocycles. The van der Waals surface area contributed by atoms with E-state index < -0.39 is 6.09 Å². The average molecular weight is 345 g/mol. The fourth-order valence-electron chi connectivity index (χ4n) is 2.80. The van der Waals surface area contributed by atoms with Crippen molar-refractivity contribution in [3.63, 3.8) is 0 Å². The molecule has 0 radical (unpaired) electrons. The molecule has 8 heteroatoms. The molecular weight excluding hydrogens is 322 g/mol. The van der Waals surface area contributed by atoms with Gasteiger partial charge in [-0.15, -0.1) is 0 Å². The van der Waals surface area contributed by atoms with Gasteiger partial charge in [0.15, 0.2) is 0 Å². The Morgan fingerprint density at radius 2 is 2.16 bits per heavy atom. The summed E-state index contributed by atoms with van der Waals surface area (Å²) >= 11 is 0. The average Bonchev–Trinajstić information content (AvgIpc) is 3.15. The molecule has 1 amide bonds. The number of piperidine rings is 1. The second kappa shape index (κ2) is 8.46. The van der Waals surface area contributed by atoms with Crippen molar-refractivity contribution in [2.45, 2.75) is 32.1 Å². The van der Waals surface area contributed by atoms with Crippen LogP contribution in [0.4, 0.5) is 10.6 Å². The number of alkyl carbamates (subject to hydrolysis) is 1. The third-order valence-electron chi connectivity index (χ3n) is 4.18. The van der Waals surface area contributed by atoms with Crippen LogP contribution in [0.5, 0.6) is 0 Å². The van der Waals surface area contributed by atoms with E-state index in [1.54, 1.807) is 6.20 Å². The monoisotopic (exact) mass is 345 g/mol. The Bertz CT molecular complexity index is 680. The maximum Gasteiger partial charge on any atom is 0.406 e. The van der Waals surface area contributed by atoms with Gasteiger partial charge in [0.1, 0.15) is 5.82 Å². The van der Waals surface area contributed by atoms with Crippen LogP contribution in [-0.2, 0) is 11.2 Å². The standard InChI is InChI=1S/C17H23N5O3/c1-24-17(23)18-9-5-6-15-20-16(21-25-15)13-7-8-14(19-12-13)22-10-3-2-4-11-22/h7-8,12H,2-6,9-11H2,1H3,(H,18,23). The number of aryl methyl sites for hydroxylation is 1. The van der Waals surface area contributed by atoms with Crippen LogP contribution < -0.4 is 10.2 Å². The topological polar surface area (TPSA) is 93.4 Å². The molecule has 1 N–H and O–H groups in total. The summed E-state index contributed by atoms with van der Waals surface area (Å²) in [7, 11) is 1.34. The Kier molecular flexibility index (Phi) is 5.81. The van der Waals surface area contributed by atoms with Gasteiger partial charge in [-0.25, -0.2) is 9.78 Å². The summed E-state index contributed by atoms with van der Waals surface area (Å²) < 4.78 is 9.76. The number of rotatable bonds is 6. The minimum Gasteiger partial charge on any atom is -0.453 e. The summed E-state index contributed by atoms with van der Waals surface area (Å²) in [4.78, 5) is 22.2. The highest BCUT2D eigenvalue weighted by Gasteiger charge is 2.13. The summed E-state index contributed by atoms with van der Waals surface area (Å²) in [5, 5.41) is 6.62.